The Morgan fingerprint density at radius 2 is 2.00 bits per heavy atom. The Bertz CT molecular complexity index is 1450. The Labute approximate surface area is 241 Å². The molecule has 0 spiro atoms. The number of aliphatic carboxylic acids is 1. The van der Waals surface area contributed by atoms with E-state index in [1.807, 2.05) is 13.0 Å². The van der Waals surface area contributed by atoms with E-state index in [4.69, 9.17) is 0 Å². The SMILES string of the molecule is Cc1nnc(SCC2=C(C(=O)O)N3C(=O)C(NC(=O)C(NC(=O)C4=CC=CCC4)c4ccc(O)cc4)[C@@H]3SC2)s1. The third kappa shape index (κ3) is 5.78. The second kappa shape index (κ2) is 11.9. The number of carbonyl (C=O) groups is 4. The summed E-state index contributed by atoms with van der Waals surface area (Å²) in [5.41, 5.74) is 1.47. The van der Waals surface area contributed by atoms with Crippen molar-refractivity contribution >= 4 is 58.6 Å². The van der Waals surface area contributed by atoms with Crippen molar-refractivity contribution in [2.24, 2.45) is 0 Å². The molecule has 0 saturated carbocycles. The van der Waals surface area contributed by atoms with Crippen LogP contribution < -0.4 is 10.6 Å². The fourth-order valence-corrected chi connectivity index (χ4v) is 7.80. The van der Waals surface area contributed by atoms with Gasteiger partial charge in [0.2, 0.25) is 11.8 Å². The number of nitrogens with zero attached hydrogens (tertiary/aromatic N) is 3. The molecule has 1 aliphatic carbocycles. The summed E-state index contributed by atoms with van der Waals surface area (Å²) in [5, 5.41) is 33.3. The van der Waals surface area contributed by atoms with Gasteiger partial charge in [-0.3, -0.25) is 19.3 Å². The molecule has 5 rings (SSSR count). The van der Waals surface area contributed by atoms with E-state index >= 15 is 0 Å². The summed E-state index contributed by atoms with van der Waals surface area (Å²) in [4.78, 5) is 53.0. The molecule has 0 radical (unpaired) electrons. The number of nitrogens with one attached hydrogen (secondary N) is 2. The van der Waals surface area contributed by atoms with Crippen LogP contribution in [0.1, 0.15) is 29.5 Å². The number of hydrogen-bond donors (Lipinski definition) is 4. The monoisotopic (exact) mass is 599 g/mol. The largest absolute Gasteiger partial charge is 0.508 e. The van der Waals surface area contributed by atoms with E-state index in [0.29, 0.717) is 45.4 Å². The highest BCUT2D eigenvalue weighted by Gasteiger charge is 2.54. The number of carboxylic acid groups (broad SMARTS) is 1. The van der Waals surface area contributed by atoms with Crippen molar-refractivity contribution in [2.75, 3.05) is 11.5 Å². The third-order valence-electron chi connectivity index (χ3n) is 6.49. The van der Waals surface area contributed by atoms with Crippen LogP contribution in [0.4, 0.5) is 0 Å². The first-order valence-electron chi connectivity index (χ1n) is 12.3. The molecule has 14 heteroatoms. The van der Waals surface area contributed by atoms with Crippen molar-refractivity contribution in [1.82, 2.24) is 25.7 Å². The maximum absolute atomic E-state index is 13.5. The van der Waals surface area contributed by atoms with Crippen LogP contribution in [0.3, 0.4) is 0 Å². The zero-order valence-electron chi connectivity index (χ0n) is 21.2. The maximum Gasteiger partial charge on any atom is 0.352 e. The van der Waals surface area contributed by atoms with Crippen LogP contribution in [0.5, 0.6) is 5.75 Å². The Morgan fingerprint density at radius 3 is 2.65 bits per heavy atom. The molecule has 4 N–H and O–H groups in total. The first-order valence-corrected chi connectivity index (χ1v) is 15.2. The van der Waals surface area contributed by atoms with Gasteiger partial charge in [0.05, 0.1) is 0 Å². The Morgan fingerprint density at radius 1 is 1.23 bits per heavy atom. The van der Waals surface area contributed by atoms with Crippen molar-refractivity contribution in [1.29, 1.82) is 0 Å². The topological polar surface area (TPSA) is 162 Å². The maximum atomic E-state index is 13.5. The van der Waals surface area contributed by atoms with Crippen LogP contribution in [0, 0.1) is 6.92 Å². The van der Waals surface area contributed by atoms with E-state index < -0.39 is 41.1 Å². The van der Waals surface area contributed by atoms with Gasteiger partial charge in [-0.05, 0) is 43.0 Å². The lowest BCUT2D eigenvalue weighted by Gasteiger charge is -2.49. The van der Waals surface area contributed by atoms with Gasteiger partial charge in [-0.1, -0.05) is 53.5 Å². The molecule has 3 heterocycles. The molecule has 11 nitrogen and oxygen atoms in total. The van der Waals surface area contributed by atoms with Crippen LogP contribution in [-0.2, 0) is 19.2 Å². The molecule has 1 aromatic carbocycles. The van der Waals surface area contributed by atoms with Crippen molar-refractivity contribution < 1.29 is 29.4 Å². The zero-order chi connectivity index (χ0) is 28.4. The average molecular weight is 600 g/mol. The standard InChI is InChI=1S/C26H25N5O6S3/c1-13-29-30-26(40-13)39-12-16-11-38-24-19(23(35)31(24)20(16)25(36)37)28-22(34)18(14-7-9-17(32)10-8-14)27-21(33)15-5-3-2-4-6-15/h2-3,5,7-10,18-19,24,32H,4,6,11-12H2,1H3,(H,27,33)(H,28,34)(H,36,37)/t18?,19?,24-/m0/s1. The van der Waals surface area contributed by atoms with Gasteiger partial charge in [-0.2, -0.15) is 0 Å². The van der Waals surface area contributed by atoms with Crippen LogP contribution in [0.25, 0.3) is 0 Å². The molecule has 1 saturated heterocycles. The number of amides is 3. The predicted molar refractivity (Wildman–Crippen MR) is 151 cm³/mol. The van der Waals surface area contributed by atoms with Gasteiger partial charge in [-0.15, -0.1) is 22.0 Å². The van der Waals surface area contributed by atoms with E-state index in [-0.39, 0.29) is 11.4 Å². The van der Waals surface area contributed by atoms with E-state index in [0.717, 1.165) is 5.01 Å². The number of allylic oxidation sites excluding steroid dienone is 3. The normalized spacial score (nSPS) is 20.8. The molecule has 0 bridgehead atoms. The van der Waals surface area contributed by atoms with Gasteiger partial charge in [0.15, 0.2) is 4.34 Å². The number of carboxylic acids is 1. The second-order valence-electron chi connectivity index (χ2n) is 9.19. The van der Waals surface area contributed by atoms with Gasteiger partial charge < -0.3 is 20.8 Å². The molecule has 2 unspecified atom stereocenters. The number of carbonyl (C=O) groups excluding carboxylic acids is 3. The number of thioether (sulfide) groups is 2. The number of aromatic hydroxyl groups is 1. The van der Waals surface area contributed by atoms with E-state index in [1.54, 1.807) is 12.2 Å². The van der Waals surface area contributed by atoms with Gasteiger partial charge in [0.1, 0.15) is 33.9 Å². The number of rotatable bonds is 9. The first-order chi connectivity index (χ1) is 19.2. The predicted octanol–water partition coefficient (Wildman–Crippen LogP) is 2.52. The molecule has 208 valence electrons. The molecule has 2 aliphatic heterocycles. The summed E-state index contributed by atoms with van der Waals surface area (Å²) in [6, 6.07) is 3.77. The fourth-order valence-electron chi connectivity index (χ4n) is 4.50. The first kappa shape index (κ1) is 27.9. The van der Waals surface area contributed by atoms with Crippen molar-refractivity contribution in [3.8, 4) is 5.75 Å². The highest BCUT2D eigenvalue weighted by molar-refractivity contribution is 8.01. The van der Waals surface area contributed by atoms with Crippen molar-refractivity contribution in [2.45, 2.75) is 41.6 Å². The van der Waals surface area contributed by atoms with Crippen molar-refractivity contribution in [3.05, 3.63) is 69.9 Å². The lowest BCUT2D eigenvalue weighted by atomic mass is 10.00. The van der Waals surface area contributed by atoms with E-state index in [1.165, 1.54) is 64.0 Å². The van der Waals surface area contributed by atoms with Crippen molar-refractivity contribution in [3.63, 3.8) is 0 Å². The number of β-lactam (4-membered cyclic amide) rings is 1. The van der Waals surface area contributed by atoms with Gasteiger partial charge in [0, 0.05) is 17.1 Å². The summed E-state index contributed by atoms with van der Waals surface area (Å²) < 4.78 is 0.712. The van der Waals surface area contributed by atoms with Gasteiger partial charge in [0.25, 0.3) is 5.91 Å². The number of phenolic OH excluding ortho intramolecular Hbond substituents is 1. The summed E-state index contributed by atoms with van der Waals surface area (Å²) >= 11 is 4.14. The molecule has 2 aromatic rings. The molecule has 3 aliphatic rings. The average Bonchev–Trinajstić information content (AvgIpc) is 3.38. The quantitative estimate of drug-likeness (QED) is 0.249. The van der Waals surface area contributed by atoms with Gasteiger partial charge >= 0.3 is 5.97 Å². The summed E-state index contributed by atoms with van der Waals surface area (Å²) in [5.74, 6) is -2.05. The third-order valence-corrected chi connectivity index (χ3v) is 9.89. The summed E-state index contributed by atoms with van der Waals surface area (Å²) in [6.07, 6.45) is 6.66. The molecular weight excluding hydrogens is 575 g/mol. The van der Waals surface area contributed by atoms with Crippen LogP contribution in [0.2, 0.25) is 0 Å². The molecule has 40 heavy (non-hydrogen) atoms. The van der Waals surface area contributed by atoms with E-state index in [9.17, 15) is 29.4 Å². The number of aryl methyl sites for hydroxylation is 1. The number of phenols is 1. The number of aromatic nitrogens is 2. The minimum atomic E-state index is -1.21. The van der Waals surface area contributed by atoms with Crippen LogP contribution in [0.15, 0.2) is 63.7 Å². The van der Waals surface area contributed by atoms with Gasteiger partial charge in [-0.25, -0.2) is 4.79 Å². The van der Waals surface area contributed by atoms with E-state index in [2.05, 4.69) is 20.8 Å². The fraction of sp³-hybridized carbons (Fsp3) is 0.308. The molecule has 3 atom stereocenters. The minimum Gasteiger partial charge on any atom is -0.508 e. The molecule has 1 aromatic heterocycles. The highest BCUT2D eigenvalue weighted by Crippen LogP contribution is 2.42. The molecular formula is C26H25N5O6S3. The highest BCUT2D eigenvalue weighted by atomic mass is 32.2. The van der Waals surface area contributed by atoms with Crippen LogP contribution in [-0.4, -0.2) is 71.9 Å². The number of fused-ring (bicyclic) bond motifs is 1. The number of benzene rings is 1. The molecule has 3 amide bonds. The zero-order valence-corrected chi connectivity index (χ0v) is 23.6. The second-order valence-corrected chi connectivity index (χ2v) is 12.7. The summed E-state index contributed by atoms with van der Waals surface area (Å²) in [6.45, 7) is 1.83. The minimum absolute atomic E-state index is 0.000917. The Balaban J connectivity index is 1.31. The summed E-state index contributed by atoms with van der Waals surface area (Å²) in [7, 11) is 0. The lowest BCUT2D eigenvalue weighted by molar-refractivity contribution is -0.151. The lowest BCUT2D eigenvalue weighted by Crippen LogP contribution is -2.71. The Hall–Kier alpha value is -3.62. The smallest absolute Gasteiger partial charge is 0.352 e. The van der Waals surface area contributed by atoms with Crippen LogP contribution >= 0.6 is 34.9 Å². The number of hydrogen-bond acceptors (Lipinski definition) is 10. The Kier molecular flexibility index (Phi) is 8.28. The molecule has 1 fully saturated rings.